The molecule has 7 heteroatoms. The fourth-order valence-corrected chi connectivity index (χ4v) is 4.13. The first-order valence-corrected chi connectivity index (χ1v) is 9.30. The van der Waals surface area contributed by atoms with Crippen molar-refractivity contribution in [2.45, 2.75) is 18.7 Å². The Kier molecular flexibility index (Phi) is 4.50. The van der Waals surface area contributed by atoms with Crippen molar-refractivity contribution in [3.8, 4) is 0 Å². The summed E-state index contributed by atoms with van der Waals surface area (Å²) in [5.41, 5.74) is 3.49. The molecule has 0 radical (unpaired) electrons. The topological polar surface area (TPSA) is 78.1 Å². The van der Waals surface area contributed by atoms with Crippen LogP contribution in [0.15, 0.2) is 59.5 Å². The Labute approximate surface area is 147 Å². The number of nitrogens with zero attached hydrogens (tertiary/aromatic N) is 2. The van der Waals surface area contributed by atoms with Crippen LogP contribution < -0.4 is 9.62 Å². The lowest BCUT2D eigenvalue weighted by Gasteiger charge is -2.19. The summed E-state index contributed by atoms with van der Waals surface area (Å²) in [6.07, 6.45) is 0. The minimum Gasteiger partial charge on any atom is -0.345 e. The van der Waals surface area contributed by atoms with E-state index in [2.05, 4.69) is 14.9 Å². The number of para-hydroxylation sites is 1. The zero-order valence-corrected chi connectivity index (χ0v) is 15.1. The van der Waals surface area contributed by atoms with E-state index in [1.54, 1.807) is 26.0 Å². The van der Waals surface area contributed by atoms with Crippen LogP contribution >= 0.6 is 0 Å². The molecule has 2 aromatic carbocycles. The maximum absolute atomic E-state index is 12.6. The molecule has 2 N–H and O–H groups in total. The van der Waals surface area contributed by atoms with Crippen molar-refractivity contribution in [2.24, 2.45) is 0 Å². The Morgan fingerprint density at radius 2 is 1.56 bits per heavy atom. The molecule has 0 spiro atoms. The van der Waals surface area contributed by atoms with Crippen molar-refractivity contribution in [3.63, 3.8) is 0 Å². The number of aryl methyl sites for hydroxylation is 2. The molecule has 3 aromatic rings. The van der Waals surface area contributed by atoms with Gasteiger partial charge >= 0.3 is 0 Å². The summed E-state index contributed by atoms with van der Waals surface area (Å²) in [5.74, 6) is 0. The molecule has 0 saturated carbocycles. The van der Waals surface area contributed by atoms with E-state index in [4.69, 9.17) is 0 Å². The maximum Gasteiger partial charge on any atom is 0.265 e. The number of anilines is 3. The van der Waals surface area contributed by atoms with E-state index in [0.717, 1.165) is 11.4 Å². The predicted molar refractivity (Wildman–Crippen MR) is 99.8 cm³/mol. The third kappa shape index (κ3) is 3.51. The lowest BCUT2D eigenvalue weighted by atomic mass is 10.2. The summed E-state index contributed by atoms with van der Waals surface area (Å²) < 4.78 is 27.7. The maximum atomic E-state index is 12.6. The van der Waals surface area contributed by atoms with Crippen LogP contribution in [0, 0.1) is 13.8 Å². The number of hydrogen-bond acceptors (Lipinski definition) is 4. The molecular weight excluding hydrogens is 336 g/mol. The van der Waals surface area contributed by atoms with Gasteiger partial charge in [0.15, 0.2) is 0 Å². The smallest absolute Gasteiger partial charge is 0.265 e. The highest BCUT2D eigenvalue weighted by Gasteiger charge is 2.22. The highest BCUT2D eigenvalue weighted by Crippen LogP contribution is 2.26. The van der Waals surface area contributed by atoms with E-state index < -0.39 is 10.0 Å². The summed E-state index contributed by atoms with van der Waals surface area (Å²) in [7, 11) is -1.71. The van der Waals surface area contributed by atoms with Gasteiger partial charge in [0.1, 0.15) is 4.90 Å². The Morgan fingerprint density at radius 3 is 2.12 bits per heavy atom. The number of H-pyrrole nitrogens is 1. The molecule has 6 nitrogen and oxygen atoms in total. The molecule has 0 bridgehead atoms. The molecule has 0 aliphatic carbocycles. The molecule has 0 amide bonds. The van der Waals surface area contributed by atoms with Gasteiger partial charge in [-0.1, -0.05) is 18.2 Å². The van der Waals surface area contributed by atoms with E-state index in [1.807, 2.05) is 54.4 Å². The number of nitrogens with one attached hydrogen (secondary N) is 2. The number of aromatic amines is 1. The summed E-state index contributed by atoms with van der Waals surface area (Å²) in [5, 5.41) is 6.64. The fourth-order valence-electron chi connectivity index (χ4n) is 2.70. The molecular formula is C18H20N4O2S. The Hall–Kier alpha value is -2.80. The van der Waals surface area contributed by atoms with Gasteiger partial charge in [-0.15, -0.1) is 0 Å². The zero-order valence-electron chi connectivity index (χ0n) is 14.3. The van der Waals surface area contributed by atoms with Crippen molar-refractivity contribution in [1.29, 1.82) is 0 Å². The molecule has 1 aromatic heterocycles. The van der Waals surface area contributed by atoms with Crippen LogP contribution in [0.4, 0.5) is 17.1 Å². The lowest BCUT2D eigenvalue weighted by molar-refractivity contribution is 0.600. The van der Waals surface area contributed by atoms with Gasteiger partial charge in [-0.05, 0) is 50.2 Å². The molecule has 0 unspecified atom stereocenters. The summed E-state index contributed by atoms with van der Waals surface area (Å²) >= 11 is 0. The lowest BCUT2D eigenvalue weighted by Crippen LogP contribution is -2.15. The second-order valence-corrected chi connectivity index (χ2v) is 7.43. The van der Waals surface area contributed by atoms with E-state index in [0.29, 0.717) is 17.1 Å². The van der Waals surface area contributed by atoms with E-state index in [-0.39, 0.29) is 4.90 Å². The third-order valence-electron chi connectivity index (χ3n) is 3.98. The fraction of sp³-hybridized carbons (Fsp3) is 0.167. The van der Waals surface area contributed by atoms with Gasteiger partial charge in [0.2, 0.25) is 0 Å². The van der Waals surface area contributed by atoms with E-state index in [9.17, 15) is 8.42 Å². The minimum absolute atomic E-state index is 0.193. The van der Waals surface area contributed by atoms with Crippen LogP contribution in [-0.2, 0) is 10.0 Å². The number of sulfonamides is 1. The van der Waals surface area contributed by atoms with Crippen LogP contribution in [0.5, 0.6) is 0 Å². The number of hydrogen-bond donors (Lipinski definition) is 2. The zero-order chi connectivity index (χ0) is 18.0. The van der Waals surface area contributed by atoms with Crippen LogP contribution in [0.1, 0.15) is 11.4 Å². The monoisotopic (exact) mass is 356 g/mol. The SMILES string of the molecule is Cc1n[nH]c(C)c1S(=O)(=O)Nc1ccc(N(C)c2ccccc2)cc1. The first-order chi connectivity index (χ1) is 11.9. The van der Waals surface area contributed by atoms with Gasteiger partial charge < -0.3 is 4.90 Å². The number of aromatic nitrogens is 2. The second-order valence-electron chi connectivity index (χ2n) is 5.81. The number of benzene rings is 2. The van der Waals surface area contributed by atoms with Crippen molar-refractivity contribution in [2.75, 3.05) is 16.7 Å². The minimum atomic E-state index is -3.67. The molecule has 130 valence electrons. The second kappa shape index (κ2) is 6.60. The third-order valence-corrected chi connectivity index (χ3v) is 5.62. The van der Waals surface area contributed by atoms with Crippen molar-refractivity contribution >= 4 is 27.1 Å². The molecule has 1 heterocycles. The van der Waals surface area contributed by atoms with Crippen LogP contribution in [-0.4, -0.2) is 25.7 Å². The Morgan fingerprint density at radius 1 is 0.960 bits per heavy atom. The van der Waals surface area contributed by atoms with Gasteiger partial charge in [-0.2, -0.15) is 5.10 Å². The quantitative estimate of drug-likeness (QED) is 0.732. The van der Waals surface area contributed by atoms with Crippen LogP contribution in [0.3, 0.4) is 0 Å². The average molecular weight is 356 g/mol. The Balaban J connectivity index is 1.81. The van der Waals surface area contributed by atoms with E-state index in [1.165, 1.54) is 0 Å². The van der Waals surface area contributed by atoms with Crippen molar-refractivity contribution in [1.82, 2.24) is 10.2 Å². The first kappa shape index (κ1) is 17.0. The van der Waals surface area contributed by atoms with Crippen LogP contribution in [0.25, 0.3) is 0 Å². The molecule has 25 heavy (non-hydrogen) atoms. The van der Waals surface area contributed by atoms with Crippen LogP contribution in [0.2, 0.25) is 0 Å². The van der Waals surface area contributed by atoms with E-state index >= 15 is 0 Å². The standard InChI is InChI=1S/C18H20N4O2S/c1-13-18(14(2)20-19-13)25(23,24)21-15-9-11-17(12-10-15)22(3)16-7-5-4-6-8-16/h4-12,21H,1-3H3,(H,19,20). The van der Waals surface area contributed by atoms with Gasteiger partial charge in [0.05, 0.1) is 11.4 Å². The highest BCUT2D eigenvalue weighted by molar-refractivity contribution is 7.92. The summed E-state index contributed by atoms with van der Waals surface area (Å²) in [6, 6.07) is 17.2. The van der Waals surface area contributed by atoms with Gasteiger partial charge in [-0.3, -0.25) is 9.82 Å². The summed E-state index contributed by atoms with van der Waals surface area (Å²) in [6.45, 7) is 3.35. The van der Waals surface area contributed by atoms with Gasteiger partial charge in [-0.25, -0.2) is 8.42 Å². The summed E-state index contributed by atoms with van der Waals surface area (Å²) in [4.78, 5) is 2.22. The largest absolute Gasteiger partial charge is 0.345 e. The van der Waals surface area contributed by atoms with Gasteiger partial charge in [0.25, 0.3) is 10.0 Å². The van der Waals surface area contributed by atoms with Crippen molar-refractivity contribution in [3.05, 3.63) is 66.0 Å². The molecule has 0 saturated heterocycles. The Bertz CT molecular complexity index is 945. The predicted octanol–water partition coefficient (Wildman–Crippen LogP) is 3.60. The average Bonchev–Trinajstić information content (AvgIpc) is 2.95. The highest BCUT2D eigenvalue weighted by atomic mass is 32.2. The normalized spacial score (nSPS) is 11.3. The molecule has 0 aliphatic heterocycles. The molecule has 0 aliphatic rings. The molecule has 0 atom stereocenters. The molecule has 3 rings (SSSR count). The molecule has 0 fully saturated rings. The first-order valence-electron chi connectivity index (χ1n) is 7.82. The number of rotatable bonds is 5. The van der Waals surface area contributed by atoms with Crippen molar-refractivity contribution < 1.29 is 8.42 Å². The van der Waals surface area contributed by atoms with Gasteiger partial charge in [0, 0.05) is 24.1 Å².